The van der Waals surface area contributed by atoms with Gasteiger partial charge in [0.1, 0.15) is 30.3 Å². The summed E-state index contributed by atoms with van der Waals surface area (Å²) in [6.45, 7) is 15.9. The third kappa shape index (κ3) is 8.26. The highest BCUT2D eigenvalue weighted by atomic mass is 79.9. The molecule has 1 unspecified atom stereocenters. The molecule has 1 saturated carbocycles. The quantitative estimate of drug-likeness (QED) is 0.0742. The van der Waals surface area contributed by atoms with E-state index in [1.54, 1.807) is 42.5 Å². The maximum Gasteiger partial charge on any atom is 0.338 e. The van der Waals surface area contributed by atoms with E-state index in [-0.39, 0.29) is 48.5 Å². The van der Waals surface area contributed by atoms with Crippen LogP contribution < -0.4 is 4.74 Å². The Morgan fingerprint density at radius 3 is 2.16 bits per heavy atom. The Bertz CT molecular complexity index is 1480. The minimum atomic E-state index is -0.830. The fourth-order valence-corrected chi connectivity index (χ4v) is 5.53. The van der Waals surface area contributed by atoms with Crippen LogP contribution in [0.5, 0.6) is 5.75 Å². The van der Waals surface area contributed by atoms with Gasteiger partial charge in [-0.1, -0.05) is 64.9 Å². The molecule has 0 spiro atoms. The number of ether oxygens (including phenoxy) is 3. The topological polar surface area (TPSA) is 78.9 Å². The summed E-state index contributed by atoms with van der Waals surface area (Å²) in [4.78, 5) is 41.4. The molecule has 1 atom stereocenters. The van der Waals surface area contributed by atoms with Crippen molar-refractivity contribution in [1.82, 2.24) is 0 Å². The highest BCUT2D eigenvalue weighted by molar-refractivity contribution is 9.10. The Balaban J connectivity index is 2.21. The van der Waals surface area contributed by atoms with Gasteiger partial charge in [0.15, 0.2) is 11.6 Å². The van der Waals surface area contributed by atoms with Crippen molar-refractivity contribution < 1.29 is 28.6 Å². The molecule has 1 aliphatic rings. The molecule has 0 aromatic heterocycles. The van der Waals surface area contributed by atoms with Gasteiger partial charge in [0.05, 0.1) is 18.2 Å². The zero-order valence-electron chi connectivity index (χ0n) is 26.8. The SMILES string of the molecule is C=C(C)COc1cccc(COC(=O)c2ccc(Br)cc2)c1/C(OC)=C1\C(=O)CC(C)C(CC=C(C)C)(CC=C(C)C)C1=O. The molecule has 6 nitrogen and oxygen atoms in total. The van der Waals surface area contributed by atoms with Crippen molar-refractivity contribution in [3.63, 3.8) is 0 Å². The molecule has 44 heavy (non-hydrogen) atoms. The molecular formula is C37H43BrO6. The third-order valence-electron chi connectivity index (χ3n) is 7.83. The first-order chi connectivity index (χ1) is 20.8. The van der Waals surface area contributed by atoms with Crippen LogP contribution in [0, 0.1) is 11.3 Å². The average molecular weight is 664 g/mol. The predicted molar refractivity (Wildman–Crippen MR) is 178 cm³/mol. The van der Waals surface area contributed by atoms with E-state index in [1.807, 2.05) is 41.5 Å². The van der Waals surface area contributed by atoms with Crippen LogP contribution in [-0.4, -0.2) is 31.3 Å². The largest absolute Gasteiger partial charge is 0.495 e. The van der Waals surface area contributed by atoms with Gasteiger partial charge in [-0.05, 0) is 89.3 Å². The van der Waals surface area contributed by atoms with Gasteiger partial charge in [0.25, 0.3) is 0 Å². The monoisotopic (exact) mass is 662 g/mol. The van der Waals surface area contributed by atoms with Crippen LogP contribution in [0.2, 0.25) is 0 Å². The van der Waals surface area contributed by atoms with Crippen molar-refractivity contribution in [2.75, 3.05) is 13.7 Å². The molecule has 3 rings (SSSR count). The summed E-state index contributed by atoms with van der Waals surface area (Å²) < 4.78 is 18.6. The molecule has 0 saturated heterocycles. The standard InChI is InChI=1S/C37H43BrO6/c1-23(2)16-18-37(19-17-24(3)4)26(7)20-30(39)33(35(37)40)34(42-8)32-28(10-9-11-31(32)43-21-25(5)6)22-44-36(41)27-12-14-29(38)15-13-27/h9-17,26H,5,18-22H2,1-4,6-8H3/b34-33-. The predicted octanol–water partition coefficient (Wildman–Crippen LogP) is 9.00. The number of methoxy groups -OCH3 is 1. The van der Waals surface area contributed by atoms with Crippen LogP contribution in [0.25, 0.3) is 5.76 Å². The Morgan fingerprint density at radius 2 is 1.61 bits per heavy atom. The molecule has 1 fully saturated rings. The smallest absolute Gasteiger partial charge is 0.338 e. The second-order valence-corrected chi connectivity index (χ2v) is 12.9. The van der Waals surface area contributed by atoms with Gasteiger partial charge in [-0.25, -0.2) is 4.79 Å². The Kier molecular flexibility index (Phi) is 12.1. The lowest BCUT2D eigenvalue weighted by Gasteiger charge is -2.41. The minimum absolute atomic E-state index is 0.0155. The van der Waals surface area contributed by atoms with E-state index in [1.165, 1.54) is 7.11 Å². The first-order valence-electron chi connectivity index (χ1n) is 14.8. The fraction of sp³-hybridized carbons (Fsp3) is 0.378. The van der Waals surface area contributed by atoms with Crippen molar-refractivity contribution in [3.05, 3.63) is 105 Å². The maximum atomic E-state index is 14.7. The zero-order chi connectivity index (χ0) is 32.6. The molecule has 2 aromatic rings. The average Bonchev–Trinajstić information content (AvgIpc) is 2.97. The molecule has 1 aliphatic carbocycles. The Morgan fingerprint density at radius 1 is 1.00 bits per heavy atom. The van der Waals surface area contributed by atoms with Crippen LogP contribution in [0.3, 0.4) is 0 Å². The second-order valence-electron chi connectivity index (χ2n) is 12.0. The maximum absolute atomic E-state index is 14.7. The molecule has 234 valence electrons. The lowest BCUT2D eigenvalue weighted by atomic mass is 9.60. The van der Waals surface area contributed by atoms with Gasteiger partial charge in [0, 0.05) is 21.9 Å². The van der Waals surface area contributed by atoms with Crippen molar-refractivity contribution in [2.45, 2.75) is 67.4 Å². The van der Waals surface area contributed by atoms with Crippen LogP contribution in [-0.2, 0) is 25.7 Å². The molecule has 2 aromatic carbocycles. The number of hydrogen-bond donors (Lipinski definition) is 0. The van der Waals surface area contributed by atoms with Gasteiger partial charge in [-0.2, -0.15) is 0 Å². The zero-order valence-corrected chi connectivity index (χ0v) is 28.4. The van der Waals surface area contributed by atoms with E-state index in [4.69, 9.17) is 14.2 Å². The number of halogens is 1. The fourth-order valence-electron chi connectivity index (χ4n) is 5.27. The lowest BCUT2D eigenvalue weighted by molar-refractivity contribution is -0.135. The molecule has 0 bridgehead atoms. The van der Waals surface area contributed by atoms with Gasteiger partial charge >= 0.3 is 5.97 Å². The van der Waals surface area contributed by atoms with Crippen LogP contribution in [0.1, 0.15) is 82.3 Å². The van der Waals surface area contributed by atoms with Crippen molar-refractivity contribution >= 4 is 39.2 Å². The number of benzene rings is 2. The molecule has 0 heterocycles. The molecule has 0 radical (unpaired) electrons. The van der Waals surface area contributed by atoms with Gasteiger partial charge in [0.2, 0.25) is 0 Å². The summed E-state index contributed by atoms with van der Waals surface area (Å²) in [7, 11) is 1.45. The molecular weight excluding hydrogens is 620 g/mol. The van der Waals surface area contributed by atoms with Crippen molar-refractivity contribution in [2.24, 2.45) is 11.3 Å². The van der Waals surface area contributed by atoms with E-state index in [0.717, 1.165) is 21.2 Å². The van der Waals surface area contributed by atoms with E-state index < -0.39 is 11.4 Å². The summed E-state index contributed by atoms with van der Waals surface area (Å²) in [5.74, 6) is -0.704. The molecule has 7 heteroatoms. The molecule has 0 amide bonds. The van der Waals surface area contributed by atoms with Crippen LogP contribution in [0.15, 0.2) is 88.0 Å². The highest BCUT2D eigenvalue weighted by Crippen LogP contribution is 2.48. The number of rotatable bonds is 12. The second kappa shape index (κ2) is 15.3. The Labute approximate surface area is 270 Å². The number of carbonyl (C=O) groups excluding carboxylic acids is 3. The number of carbonyl (C=O) groups is 3. The first kappa shape index (κ1) is 34.8. The highest BCUT2D eigenvalue weighted by Gasteiger charge is 2.50. The van der Waals surface area contributed by atoms with Crippen LogP contribution >= 0.6 is 15.9 Å². The van der Waals surface area contributed by atoms with Crippen molar-refractivity contribution in [3.8, 4) is 5.75 Å². The first-order valence-corrected chi connectivity index (χ1v) is 15.5. The Hall–Kier alpha value is -3.71. The molecule has 0 N–H and O–H groups in total. The third-order valence-corrected chi connectivity index (χ3v) is 8.35. The normalized spacial score (nSPS) is 17.0. The van der Waals surface area contributed by atoms with Gasteiger partial charge in [-0.3, -0.25) is 9.59 Å². The van der Waals surface area contributed by atoms with Gasteiger partial charge < -0.3 is 14.2 Å². The number of esters is 1. The minimum Gasteiger partial charge on any atom is -0.495 e. The van der Waals surface area contributed by atoms with E-state index in [2.05, 4.69) is 34.7 Å². The summed E-state index contributed by atoms with van der Waals surface area (Å²) in [6, 6.07) is 12.2. The number of ketones is 2. The number of hydrogen-bond acceptors (Lipinski definition) is 6. The number of allylic oxidation sites excluding steroid dienone is 5. The summed E-state index contributed by atoms with van der Waals surface area (Å²) in [6.07, 6.45) is 5.34. The van der Waals surface area contributed by atoms with Crippen LogP contribution in [0.4, 0.5) is 0 Å². The van der Waals surface area contributed by atoms with Gasteiger partial charge in [-0.15, -0.1) is 0 Å². The lowest BCUT2D eigenvalue weighted by Crippen LogP contribution is -2.45. The summed E-state index contributed by atoms with van der Waals surface area (Å²) >= 11 is 3.38. The number of Topliss-reactive ketones (excluding diaryl/α,β-unsaturated/α-hetero) is 2. The van der Waals surface area contributed by atoms with E-state index in [9.17, 15) is 14.4 Å². The summed E-state index contributed by atoms with van der Waals surface area (Å²) in [5, 5.41) is 0. The molecule has 0 aliphatic heterocycles. The van der Waals surface area contributed by atoms with Crippen molar-refractivity contribution in [1.29, 1.82) is 0 Å². The summed E-state index contributed by atoms with van der Waals surface area (Å²) in [5.41, 5.74) is 3.52. The van der Waals surface area contributed by atoms with E-state index in [0.29, 0.717) is 35.3 Å². The van der Waals surface area contributed by atoms with E-state index >= 15 is 0 Å².